The summed E-state index contributed by atoms with van der Waals surface area (Å²) in [5.74, 6) is 0.644. The largest absolute Gasteiger partial charge is 0.478 e. The van der Waals surface area contributed by atoms with Gasteiger partial charge in [-0.3, -0.25) is 0 Å². The molecule has 1 aliphatic rings. The van der Waals surface area contributed by atoms with E-state index in [0.29, 0.717) is 17.5 Å². The Kier molecular flexibility index (Phi) is 4.13. The first-order valence-corrected chi connectivity index (χ1v) is 7.13. The Morgan fingerprint density at radius 1 is 1.42 bits per heavy atom. The van der Waals surface area contributed by atoms with Crippen LogP contribution in [0.4, 0.5) is 5.69 Å². The lowest BCUT2D eigenvalue weighted by molar-refractivity contribution is 0.0696. The van der Waals surface area contributed by atoms with Crippen LogP contribution >= 0.6 is 0 Å². The Morgan fingerprint density at radius 2 is 2.16 bits per heavy atom. The smallest absolute Gasteiger partial charge is 0.335 e. The normalized spacial score (nSPS) is 26.4. The molecule has 2 N–H and O–H groups in total. The van der Waals surface area contributed by atoms with E-state index < -0.39 is 5.97 Å². The van der Waals surface area contributed by atoms with E-state index in [1.165, 1.54) is 19.3 Å². The average molecular weight is 261 g/mol. The number of nitrogens with one attached hydrogen (secondary N) is 1. The van der Waals surface area contributed by atoms with Crippen molar-refractivity contribution in [2.24, 2.45) is 11.8 Å². The Hall–Kier alpha value is -1.51. The van der Waals surface area contributed by atoms with E-state index in [2.05, 4.69) is 19.2 Å². The highest BCUT2D eigenvalue weighted by Crippen LogP contribution is 2.35. The van der Waals surface area contributed by atoms with E-state index in [9.17, 15) is 4.79 Å². The van der Waals surface area contributed by atoms with Crippen LogP contribution in [-0.2, 0) is 0 Å². The zero-order valence-corrected chi connectivity index (χ0v) is 11.9. The van der Waals surface area contributed by atoms with Crippen molar-refractivity contribution < 1.29 is 9.90 Å². The van der Waals surface area contributed by atoms with E-state index in [1.807, 2.05) is 19.1 Å². The zero-order valence-electron chi connectivity index (χ0n) is 11.9. The van der Waals surface area contributed by atoms with Crippen LogP contribution < -0.4 is 5.32 Å². The van der Waals surface area contributed by atoms with Gasteiger partial charge in [-0.2, -0.15) is 0 Å². The van der Waals surface area contributed by atoms with Crippen molar-refractivity contribution in [3.8, 4) is 0 Å². The molecule has 1 aromatic rings. The van der Waals surface area contributed by atoms with Gasteiger partial charge in [-0.05, 0) is 55.4 Å². The summed E-state index contributed by atoms with van der Waals surface area (Å²) < 4.78 is 0. The van der Waals surface area contributed by atoms with Crippen molar-refractivity contribution in [2.75, 3.05) is 5.32 Å². The standard InChI is InChI=1S/C16H23NO2/c1-4-12-5-8-15(11(12)3)17-13-6-7-14(16(18)19)10(2)9-13/h6-7,9,11-12,15,17H,4-5,8H2,1-3H3,(H,18,19). The first kappa shape index (κ1) is 13.9. The minimum atomic E-state index is -0.857. The Balaban J connectivity index is 2.08. The molecule has 0 radical (unpaired) electrons. The van der Waals surface area contributed by atoms with Crippen LogP contribution in [0.3, 0.4) is 0 Å². The van der Waals surface area contributed by atoms with Crippen molar-refractivity contribution in [3.63, 3.8) is 0 Å². The van der Waals surface area contributed by atoms with Crippen LogP contribution in [0.1, 0.15) is 49.0 Å². The molecule has 104 valence electrons. The maximum Gasteiger partial charge on any atom is 0.335 e. The average Bonchev–Trinajstić information content (AvgIpc) is 2.70. The molecule has 3 unspecified atom stereocenters. The quantitative estimate of drug-likeness (QED) is 0.863. The number of carboxylic acids is 1. The number of hydrogen-bond donors (Lipinski definition) is 2. The van der Waals surface area contributed by atoms with E-state index in [-0.39, 0.29) is 0 Å². The fourth-order valence-corrected chi connectivity index (χ4v) is 3.23. The Morgan fingerprint density at radius 3 is 2.68 bits per heavy atom. The van der Waals surface area contributed by atoms with Gasteiger partial charge in [-0.25, -0.2) is 4.79 Å². The minimum Gasteiger partial charge on any atom is -0.478 e. The third-order valence-electron chi connectivity index (χ3n) is 4.56. The molecule has 0 heterocycles. The fraction of sp³-hybridized carbons (Fsp3) is 0.562. The van der Waals surface area contributed by atoms with Crippen LogP contribution in [-0.4, -0.2) is 17.1 Å². The van der Waals surface area contributed by atoms with Gasteiger partial charge < -0.3 is 10.4 Å². The van der Waals surface area contributed by atoms with Crippen molar-refractivity contribution in [1.29, 1.82) is 0 Å². The number of benzene rings is 1. The van der Waals surface area contributed by atoms with Gasteiger partial charge in [0.25, 0.3) is 0 Å². The van der Waals surface area contributed by atoms with Crippen LogP contribution in [0.5, 0.6) is 0 Å². The topological polar surface area (TPSA) is 49.3 Å². The molecule has 1 aliphatic carbocycles. The summed E-state index contributed by atoms with van der Waals surface area (Å²) in [5, 5.41) is 12.6. The summed E-state index contributed by atoms with van der Waals surface area (Å²) >= 11 is 0. The lowest BCUT2D eigenvalue weighted by Gasteiger charge is -2.22. The van der Waals surface area contributed by atoms with Gasteiger partial charge in [-0.1, -0.05) is 20.3 Å². The third kappa shape index (κ3) is 2.91. The van der Waals surface area contributed by atoms with Crippen LogP contribution in [0.25, 0.3) is 0 Å². The van der Waals surface area contributed by atoms with E-state index in [0.717, 1.165) is 17.2 Å². The summed E-state index contributed by atoms with van der Waals surface area (Å²) in [6.45, 7) is 6.42. The van der Waals surface area contributed by atoms with Crippen molar-refractivity contribution in [1.82, 2.24) is 0 Å². The van der Waals surface area contributed by atoms with Crippen LogP contribution in [0.2, 0.25) is 0 Å². The highest BCUT2D eigenvalue weighted by molar-refractivity contribution is 5.89. The van der Waals surface area contributed by atoms with Crippen LogP contribution in [0.15, 0.2) is 18.2 Å². The first-order chi connectivity index (χ1) is 9.02. The second-order valence-electron chi connectivity index (χ2n) is 5.69. The van der Waals surface area contributed by atoms with Gasteiger partial charge in [0.15, 0.2) is 0 Å². The van der Waals surface area contributed by atoms with Gasteiger partial charge >= 0.3 is 5.97 Å². The molecule has 3 nitrogen and oxygen atoms in total. The molecule has 0 bridgehead atoms. The monoisotopic (exact) mass is 261 g/mol. The van der Waals surface area contributed by atoms with E-state index >= 15 is 0 Å². The Bertz CT molecular complexity index is 470. The molecule has 3 heteroatoms. The molecule has 3 atom stereocenters. The van der Waals surface area contributed by atoms with Gasteiger partial charge in [-0.15, -0.1) is 0 Å². The second-order valence-corrected chi connectivity index (χ2v) is 5.69. The first-order valence-electron chi connectivity index (χ1n) is 7.13. The highest BCUT2D eigenvalue weighted by atomic mass is 16.4. The molecular formula is C16H23NO2. The molecule has 19 heavy (non-hydrogen) atoms. The van der Waals surface area contributed by atoms with E-state index in [4.69, 9.17) is 5.11 Å². The molecule has 0 spiro atoms. The Labute approximate surface area is 115 Å². The number of hydrogen-bond acceptors (Lipinski definition) is 2. The van der Waals surface area contributed by atoms with E-state index in [1.54, 1.807) is 6.07 Å². The van der Waals surface area contributed by atoms with Crippen molar-refractivity contribution in [2.45, 2.75) is 46.1 Å². The maximum atomic E-state index is 11.0. The van der Waals surface area contributed by atoms with Gasteiger partial charge in [0.1, 0.15) is 0 Å². The van der Waals surface area contributed by atoms with Gasteiger partial charge in [0.05, 0.1) is 5.56 Å². The summed E-state index contributed by atoms with van der Waals surface area (Å²) in [7, 11) is 0. The number of aryl methyl sites for hydroxylation is 1. The predicted octanol–water partition coefficient (Wildman–Crippen LogP) is 3.93. The van der Waals surface area contributed by atoms with Crippen LogP contribution in [0, 0.1) is 18.8 Å². The molecular weight excluding hydrogens is 238 g/mol. The number of anilines is 1. The summed E-state index contributed by atoms with van der Waals surface area (Å²) in [6, 6.07) is 6.02. The molecule has 1 aromatic carbocycles. The summed E-state index contributed by atoms with van der Waals surface area (Å²) in [6.07, 6.45) is 3.75. The third-order valence-corrected chi connectivity index (χ3v) is 4.56. The molecule has 0 aromatic heterocycles. The molecule has 1 fully saturated rings. The molecule has 0 saturated heterocycles. The molecule has 1 saturated carbocycles. The lowest BCUT2D eigenvalue weighted by atomic mass is 9.93. The maximum absolute atomic E-state index is 11.0. The summed E-state index contributed by atoms with van der Waals surface area (Å²) in [5.41, 5.74) is 2.24. The number of aromatic carboxylic acids is 1. The van der Waals surface area contributed by atoms with Gasteiger partial charge in [0.2, 0.25) is 0 Å². The van der Waals surface area contributed by atoms with Crippen molar-refractivity contribution >= 4 is 11.7 Å². The number of carbonyl (C=O) groups is 1. The zero-order chi connectivity index (χ0) is 14.0. The number of rotatable bonds is 4. The molecule has 0 aliphatic heterocycles. The predicted molar refractivity (Wildman–Crippen MR) is 77.7 cm³/mol. The highest BCUT2D eigenvalue weighted by Gasteiger charge is 2.31. The fourth-order valence-electron chi connectivity index (χ4n) is 3.23. The lowest BCUT2D eigenvalue weighted by Crippen LogP contribution is -2.24. The minimum absolute atomic E-state index is 0.386. The van der Waals surface area contributed by atoms with Crippen molar-refractivity contribution in [3.05, 3.63) is 29.3 Å². The second kappa shape index (κ2) is 5.64. The molecule has 0 amide bonds. The van der Waals surface area contributed by atoms with Gasteiger partial charge in [0, 0.05) is 11.7 Å². The summed E-state index contributed by atoms with van der Waals surface area (Å²) in [4.78, 5) is 11.0. The SMILES string of the molecule is CCC1CCC(Nc2ccc(C(=O)O)c(C)c2)C1C. The molecule has 2 rings (SSSR count). The number of carboxylic acid groups (broad SMARTS) is 1.